The number of para-hydroxylation sites is 1. The lowest BCUT2D eigenvalue weighted by Gasteiger charge is -2.14. The van der Waals surface area contributed by atoms with Crippen molar-refractivity contribution in [3.63, 3.8) is 0 Å². The molecule has 0 atom stereocenters. The summed E-state index contributed by atoms with van der Waals surface area (Å²) < 4.78 is 40.1. The third kappa shape index (κ3) is 6.12. The number of hydrogen-bond donors (Lipinski definition) is 3. The van der Waals surface area contributed by atoms with Gasteiger partial charge < -0.3 is 10.6 Å². The zero-order chi connectivity index (χ0) is 22.1. The predicted molar refractivity (Wildman–Crippen MR) is 121 cm³/mol. The summed E-state index contributed by atoms with van der Waals surface area (Å²) >= 11 is 1.47. The fraction of sp³-hybridized carbons (Fsp3) is 0.190. The molecule has 3 rings (SSSR count). The molecule has 0 saturated carbocycles. The summed E-state index contributed by atoms with van der Waals surface area (Å²) in [6, 6.07) is 11.4. The minimum Gasteiger partial charge on any atom is -0.307 e. The molecule has 1 heterocycles. The standard InChI is InChI=1S/C18H16FN3O3S2.C3H8/c1-20-27(24,25)13-6-7-14(12-8-9-26-11-12)17(10-13)22-18(23)21-16-5-3-2-4-15(16)19;1-3-2/h2-11,20H,1H3,(H2,21,22,23);3H2,1-2H3. The van der Waals surface area contributed by atoms with Crippen LogP contribution in [-0.4, -0.2) is 21.5 Å². The second kappa shape index (κ2) is 10.9. The molecule has 30 heavy (non-hydrogen) atoms. The molecule has 3 aromatic rings. The smallest absolute Gasteiger partial charge is 0.307 e. The summed E-state index contributed by atoms with van der Waals surface area (Å²) in [5.41, 5.74) is 1.79. The molecule has 0 spiro atoms. The molecule has 0 aliphatic heterocycles. The summed E-state index contributed by atoms with van der Waals surface area (Å²) in [6.45, 7) is 4.25. The van der Waals surface area contributed by atoms with Crippen LogP contribution in [0.25, 0.3) is 11.1 Å². The second-order valence-electron chi connectivity index (χ2n) is 6.19. The summed E-state index contributed by atoms with van der Waals surface area (Å²) in [4.78, 5) is 12.3. The van der Waals surface area contributed by atoms with Crippen LogP contribution in [0.3, 0.4) is 0 Å². The molecule has 0 fully saturated rings. The molecule has 0 unspecified atom stereocenters. The number of thiophene rings is 1. The molecule has 6 nitrogen and oxygen atoms in total. The van der Waals surface area contributed by atoms with Crippen LogP contribution in [0.2, 0.25) is 0 Å². The Kier molecular flexibility index (Phi) is 8.52. The Labute approximate surface area is 180 Å². The number of rotatable bonds is 5. The highest BCUT2D eigenvalue weighted by Crippen LogP contribution is 2.32. The normalized spacial score (nSPS) is 10.7. The Morgan fingerprint density at radius 1 is 1.03 bits per heavy atom. The summed E-state index contributed by atoms with van der Waals surface area (Å²) in [7, 11) is -2.38. The van der Waals surface area contributed by atoms with Crippen LogP contribution in [-0.2, 0) is 10.0 Å². The van der Waals surface area contributed by atoms with Crippen molar-refractivity contribution in [1.82, 2.24) is 4.72 Å². The third-order valence-corrected chi connectivity index (χ3v) is 5.87. The molecule has 3 N–H and O–H groups in total. The van der Waals surface area contributed by atoms with Gasteiger partial charge in [-0.05, 0) is 53.7 Å². The Morgan fingerprint density at radius 3 is 2.30 bits per heavy atom. The number of halogens is 1. The number of benzene rings is 2. The quantitative estimate of drug-likeness (QED) is 0.479. The molecule has 0 saturated heterocycles. The largest absolute Gasteiger partial charge is 0.323 e. The van der Waals surface area contributed by atoms with E-state index in [1.54, 1.807) is 12.1 Å². The Morgan fingerprint density at radius 2 is 1.70 bits per heavy atom. The first kappa shape index (κ1) is 23.5. The molecular formula is C21H24FN3O3S2. The van der Waals surface area contributed by atoms with Crippen LogP contribution >= 0.6 is 11.3 Å². The van der Waals surface area contributed by atoms with Gasteiger partial charge in [-0.1, -0.05) is 38.5 Å². The van der Waals surface area contributed by atoms with Crippen molar-refractivity contribution in [2.24, 2.45) is 0 Å². The van der Waals surface area contributed by atoms with Gasteiger partial charge in [0.05, 0.1) is 16.3 Å². The van der Waals surface area contributed by atoms with Gasteiger partial charge in [0.1, 0.15) is 5.82 Å². The van der Waals surface area contributed by atoms with Crippen molar-refractivity contribution in [2.45, 2.75) is 25.2 Å². The minimum atomic E-state index is -3.69. The van der Waals surface area contributed by atoms with Crippen molar-refractivity contribution < 1.29 is 17.6 Å². The van der Waals surface area contributed by atoms with Crippen molar-refractivity contribution in [3.05, 3.63) is 65.1 Å². The van der Waals surface area contributed by atoms with Crippen molar-refractivity contribution in [1.29, 1.82) is 0 Å². The molecule has 2 aromatic carbocycles. The number of hydrogen-bond acceptors (Lipinski definition) is 4. The maximum absolute atomic E-state index is 13.7. The molecule has 2 amide bonds. The van der Waals surface area contributed by atoms with Crippen LogP contribution in [0.1, 0.15) is 20.3 Å². The molecule has 1 aromatic heterocycles. The maximum atomic E-state index is 13.7. The van der Waals surface area contributed by atoms with Crippen LogP contribution in [0.4, 0.5) is 20.6 Å². The van der Waals surface area contributed by atoms with Crippen LogP contribution in [0.5, 0.6) is 0 Å². The van der Waals surface area contributed by atoms with Gasteiger partial charge in [-0.3, -0.25) is 0 Å². The zero-order valence-electron chi connectivity index (χ0n) is 16.9. The van der Waals surface area contributed by atoms with E-state index in [9.17, 15) is 17.6 Å². The van der Waals surface area contributed by atoms with Gasteiger partial charge in [0, 0.05) is 5.56 Å². The SMILES string of the molecule is CCC.CNS(=O)(=O)c1ccc(-c2ccsc2)c(NC(=O)Nc2ccccc2F)c1. The van der Waals surface area contributed by atoms with Gasteiger partial charge in [0.25, 0.3) is 0 Å². The average Bonchev–Trinajstić information content (AvgIpc) is 3.25. The van der Waals surface area contributed by atoms with Crippen LogP contribution in [0.15, 0.2) is 64.2 Å². The first-order valence-corrected chi connectivity index (χ1v) is 11.7. The Hall–Kier alpha value is -2.75. The minimum absolute atomic E-state index is 0.00479. The lowest BCUT2D eigenvalue weighted by molar-refractivity contribution is 0.262. The summed E-state index contributed by atoms with van der Waals surface area (Å²) in [5.74, 6) is -0.572. The van der Waals surface area contributed by atoms with Gasteiger partial charge in [0.2, 0.25) is 10.0 Å². The zero-order valence-corrected chi connectivity index (χ0v) is 18.5. The topological polar surface area (TPSA) is 87.3 Å². The lowest BCUT2D eigenvalue weighted by atomic mass is 10.1. The van der Waals surface area contributed by atoms with E-state index in [1.807, 2.05) is 16.8 Å². The van der Waals surface area contributed by atoms with Crippen molar-refractivity contribution >= 4 is 38.8 Å². The van der Waals surface area contributed by atoms with E-state index in [-0.39, 0.29) is 10.6 Å². The second-order valence-corrected chi connectivity index (χ2v) is 8.86. The van der Waals surface area contributed by atoms with E-state index in [0.717, 1.165) is 5.56 Å². The van der Waals surface area contributed by atoms with Crippen LogP contribution < -0.4 is 15.4 Å². The highest BCUT2D eigenvalue weighted by Gasteiger charge is 2.17. The fourth-order valence-corrected chi connectivity index (χ4v) is 3.83. The van der Waals surface area contributed by atoms with Gasteiger partial charge in [-0.2, -0.15) is 11.3 Å². The number of anilines is 2. The first-order chi connectivity index (χ1) is 14.3. The van der Waals surface area contributed by atoms with E-state index in [4.69, 9.17) is 0 Å². The highest BCUT2D eigenvalue weighted by molar-refractivity contribution is 7.89. The number of carbonyl (C=O) groups excluding carboxylic acids is 1. The molecule has 0 bridgehead atoms. The maximum Gasteiger partial charge on any atom is 0.323 e. The van der Waals surface area contributed by atoms with Gasteiger partial charge in [-0.25, -0.2) is 22.3 Å². The predicted octanol–water partition coefficient (Wildman–Crippen LogP) is 5.52. The van der Waals surface area contributed by atoms with E-state index in [2.05, 4.69) is 29.2 Å². The van der Waals surface area contributed by atoms with E-state index in [1.165, 1.54) is 55.1 Å². The van der Waals surface area contributed by atoms with Crippen molar-refractivity contribution in [2.75, 3.05) is 17.7 Å². The molecule has 0 aliphatic rings. The lowest BCUT2D eigenvalue weighted by Crippen LogP contribution is -2.22. The average molecular weight is 450 g/mol. The van der Waals surface area contributed by atoms with E-state index < -0.39 is 21.9 Å². The molecule has 160 valence electrons. The fourth-order valence-electron chi connectivity index (χ4n) is 2.42. The molecule has 0 radical (unpaired) electrons. The Bertz CT molecular complexity index is 1080. The van der Waals surface area contributed by atoms with Crippen molar-refractivity contribution in [3.8, 4) is 11.1 Å². The van der Waals surface area contributed by atoms with E-state index in [0.29, 0.717) is 11.3 Å². The van der Waals surface area contributed by atoms with Gasteiger partial charge in [0.15, 0.2) is 0 Å². The molecular weight excluding hydrogens is 425 g/mol. The highest BCUT2D eigenvalue weighted by atomic mass is 32.2. The number of amides is 2. The van der Waals surface area contributed by atoms with Gasteiger partial charge in [-0.15, -0.1) is 0 Å². The molecule has 0 aliphatic carbocycles. The number of urea groups is 1. The first-order valence-electron chi connectivity index (χ1n) is 9.25. The molecule has 9 heteroatoms. The number of sulfonamides is 1. The van der Waals surface area contributed by atoms with Gasteiger partial charge >= 0.3 is 6.03 Å². The summed E-state index contributed by atoms with van der Waals surface area (Å²) in [5, 5.41) is 8.77. The third-order valence-electron chi connectivity index (χ3n) is 3.77. The van der Waals surface area contributed by atoms with E-state index >= 15 is 0 Å². The number of carbonyl (C=O) groups is 1. The number of nitrogens with one attached hydrogen (secondary N) is 3. The van der Waals surface area contributed by atoms with Crippen LogP contribution in [0, 0.1) is 5.82 Å². The summed E-state index contributed by atoms with van der Waals surface area (Å²) in [6.07, 6.45) is 1.25. The Balaban J connectivity index is 0.00000101. The monoisotopic (exact) mass is 449 g/mol.